The maximum absolute atomic E-state index is 5.86. The van der Waals surface area contributed by atoms with E-state index in [0.29, 0.717) is 6.04 Å². The zero-order valence-corrected chi connectivity index (χ0v) is 15.0. The first-order valence-electron chi connectivity index (χ1n) is 7.69. The van der Waals surface area contributed by atoms with Crippen LogP contribution in [0.25, 0.3) is 0 Å². The van der Waals surface area contributed by atoms with Gasteiger partial charge in [0, 0.05) is 6.04 Å². The van der Waals surface area contributed by atoms with Crippen LogP contribution >= 0.6 is 34.8 Å². The molecule has 0 aliphatic heterocycles. The van der Waals surface area contributed by atoms with Crippen molar-refractivity contribution in [2.24, 2.45) is 0 Å². The summed E-state index contributed by atoms with van der Waals surface area (Å²) in [6.45, 7) is 4.38. The number of unbranched alkanes of at least 4 members (excludes halogenated alkanes) is 8. The highest BCUT2D eigenvalue weighted by Crippen LogP contribution is 2.32. The Kier molecular flexibility index (Phi) is 12.0. The standard InChI is InChI=1S/C15H30Cl3N/c1-4-5-6-7-8-9-10-11-12-13-14(2)19(3)15(16,17)18/h14H,4-13H2,1-3H3. The second-order valence-corrected chi connectivity index (χ2v) is 7.77. The van der Waals surface area contributed by atoms with Crippen molar-refractivity contribution < 1.29 is 0 Å². The highest BCUT2D eigenvalue weighted by molar-refractivity contribution is 6.67. The van der Waals surface area contributed by atoms with E-state index in [1.54, 1.807) is 0 Å². The third kappa shape index (κ3) is 11.2. The molecule has 0 aromatic rings. The summed E-state index contributed by atoms with van der Waals surface area (Å²) < 4.78 is -1.28. The molecule has 0 aliphatic carbocycles. The summed E-state index contributed by atoms with van der Waals surface area (Å²) in [6.07, 6.45) is 13.3. The highest BCUT2D eigenvalue weighted by Gasteiger charge is 2.29. The minimum atomic E-state index is -1.28. The maximum Gasteiger partial charge on any atom is 0.247 e. The van der Waals surface area contributed by atoms with Gasteiger partial charge in [-0.05, 0) is 20.4 Å². The van der Waals surface area contributed by atoms with Crippen LogP contribution in [-0.4, -0.2) is 21.9 Å². The Hall–Kier alpha value is 0.830. The third-order valence-corrected chi connectivity index (χ3v) is 4.59. The second-order valence-electron chi connectivity index (χ2n) is 5.54. The zero-order valence-electron chi connectivity index (χ0n) is 12.7. The number of alkyl halides is 3. The summed E-state index contributed by atoms with van der Waals surface area (Å²) in [4.78, 5) is 1.81. The van der Waals surface area contributed by atoms with Crippen LogP contribution in [-0.2, 0) is 0 Å². The first kappa shape index (κ1) is 19.8. The van der Waals surface area contributed by atoms with Crippen LogP contribution in [0.15, 0.2) is 0 Å². The fourth-order valence-corrected chi connectivity index (χ4v) is 2.69. The molecule has 116 valence electrons. The predicted molar refractivity (Wildman–Crippen MR) is 89.4 cm³/mol. The minimum Gasteiger partial charge on any atom is -0.260 e. The molecular weight excluding hydrogens is 301 g/mol. The van der Waals surface area contributed by atoms with Crippen LogP contribution in [0.5, 0.6) is 0 Å². The molecule has 0 fully saturated rings. The topological polar surface area (TPSA) is 3.24 Å². The Morgan fingerprint density at radius 3 is 1.68 bits per heavy atom. The molecule has 0 saturated heterocycles. The molecule has 0 spiro atoms. The molecule has 1 atom stereocenters. The van der Waals surface area contributed by atoms with Gasteiger partial charge in [0.1, 0.15) is 0 Å². The van der Waals surface area contributed by atoms with Crippen molar-refractivity contribution >= 4 is 34.8 Å². The molecule has 0 aliphatic rings. The van der Waals surface area contributed by atoms with Crippen LogP contribution in [0.1, 0.15) is 78.1 Å². The van der Waals surface area contributed by atoms with Crippen LogP contribution in [0, 0.1) is 0 Å². The Morgan fingerprint density at radius 2 is 1.26 bits per heavy atom. The fourth-order valence-electron chi connectivity index (χ4n) is 2.19. The van der Waals surface area contributed by atoms with E-state index in [1.165, 1.54) is 57.8 Å². The van der Waals surface area contributed by atoms with Gasteiger partial charge in [0.25, 0.3) is 0 Å². The molecule has 0 heterocycles. The monoisotopic (exact) mass is 329 g/mol. The smallest absolute Gasteiger partial charge is 0.247 e. The predicted octanol–water partition coefficient (Wildman–Crippen LogP) is 6.56. The minimum absolute atomic E-state index is 0.317. The molecular formula is C15H30Cl3N. The summed E-state index contributed by atoms with van der Waals surface area (Å²) >= 11 is 17.6. The van der Waals surface area contributed by atoms with Crippen molar-refractivity contribution in [3.63, 3.8) is 0 Å². The largest absolute Gasteiger partial charge is 0.260 e. The molecule has 0 saturated carbocycles. The van der Waals surface area contributed by atoms with Gasteiger partial charge in [-0.15, -0.1) is 0 Å². The number of hydrogen-bond acceptors (Lipinski definition) is 1. The Morgan fingerprint density at radius 1 is 0.842 bits per heavy atom. The molecule has 0 amide bonds. The molecule has 0 N–H and O–H groups in total. The van der Waals surface area contributed by atoms with Crippen LogP contribution in [0.2, 0.25) is 0 Å². The number of hydrogen-bond donors (Lipinski definition) is 0. The Labute approximate surface area is 135 Å². The molecule has 0 rings (SSSR count). The van der Waals surface area contributed by atoms with Crippen molar-refractivity contribution in [1.82, 2.24) is 4.90 Å². The van der Waals surface area contributed by atoms with Gasteiger partial charge < -0.3 is 0 Å². The summed E-state index contributed by atoms with van der Waals surface area (Å²) in [6, 6.07) is 0.317. The van der Waals surface area contributed by atoms with E-state index in [9.17, 15) is 0 Å². The number of halogens is 3. The van der Waals surface area contributed by atoms with Gasteiger partial charge in [-0.1, -0.05) is 99.5 Å². The second kappa shape index (κ2) is 11.5. The van der Waals surface area contributed by atoms with E-state index >= 15 is 0 Å². The van der Waals surface area contributed by atoms with E-state index in [4.69, 9.17) is 34.8 Å². The lowest BCUT2D eigenvalue weighted by atomic mass is 10.0. The Balaban J connectivity index is 3.39. The summed E-state index contributed by atoms with van der Waals surface area (Å²) in [5.74, 6) is 0. The highest BCUT2D eigenvalue weighted by atomic mass is 35.6. The quantitative estimate of drug-likeness (QED) is 0.236. The summed E-state index contributed by atoms with van der Waals surface area (Å²) in [5, 5.41) is 0. The molecule has 0 aromatic carbocycles. The van der Waals surface area contributed by atoms with E-state index < -0.39 is 3.92 Å². The fraction of sp³-hybridized carbons (Fsp3) is 1.00. The maximum atomic E-state index is 5.86. The zero-order chi connectivity index (χ0) is 14.7. The average molecular weight is 331 g/mol. The van der Waals surface area contributed by atoms with Crippen LogP contribution < -0.4 is 0 Å². The van der Waals surface area contributed by atoms with E-state index in [1.807, 2.05) is 11.9 Å². The number of nitrogens with zero attached hydrogens (tertiary/aromatic N) is 1. The van der Waals surface area contributed by atoms with Gasteiger partial charge in [-0.25, -0.2) is 0 Å². The lowest BCUT2D eigenvalue weighted by molar-refractivity contribution is 0.241. The van der Waals surface area contributed by atoms with Crippen molar-refractivity contribution in [1.29, 1.82) is 0 Å². The molecule has 0 aromatic heterocycles. The first-order chi connectivity index (χ1) is 8.89. The molecule has 19 heavy (non-hydrogen) atoms. The molecule has 0 radical (unpaired) electrons. The molecule has 4 heteroatoms. The van der Waals surface area contributed by atoms with Gasteiger partial charge >= 0.3 is 0 Å². The van der Waals surface area contributed by atoms with Crippen LogP contribution in [0.3, 0.4) is 0 Å². The van der Waals surface area contributed by atoms with E-state index in [0.717, 1.165) is 6.42 Å². The van der Waals surface area contributed by atoms with E-state index in [2.05, 4.69) is 13.8 Å². The van der Waals surface area contributed by atoms with Gasteiger partial charge in [-0.3, -0.25) is 4.90 Å². The third-order valence-electron chi connectivity index (χ3n) is 3.79. The molecule has 1 nitrogen and oxygen atoms in total. The summed E-state index contributed by atoms with van der Waals surface area (Å²) in [7, 11) is 1.87. The van der Waals surface area contributed by atoms with Gasteiger partial charge in [-0.2, -0.15) is 0 Å². The van der Waals surface area contributed by atoms with E-state index in [-0.39, 0.29) is 0 Å². The normalized spacial score (nSPS) is 14.1. The van der Waals surface area contributed by atoms with Crippen molar-refractivity contribution in [3.8, 4) is 0 Å². The van der Waals surface area contributed by atoms with Crippen molar-refractivity contribution in [3.05, 3.63) is 0 Å². The lowest BCUT2D eigenvalue weighted by Crippen LogP contribution is -2.38. The molecule has 1 unspecified atom stereocenters. The summed E-state index contributed by atoms with van der Waals surface area (Å²) in [5.41, 5.74) is 0. The van der Waals surface area contributed by atoms with Crippen LogP contribution in [0.4, 0.5) is 0 Å². The van der Waals surface area contributed by atoms with Gasteiger partial charge in [0.05, 0.1) is 0 Å². The van der Waals surface area contributed by atoms with Crippen molar-refractivity contribution in [2.75, 3.05) is 7.05 Å². The van der Waals surface area contributed by atoms with Gasteiger partial charge in [0.2, 0.25) is 3.92 Å². The lowest BCUT2D eigenvalue weighted by Gasteiger charge is -2.30. The average Bonchev–Trinajstić information content (AvgIpc) is 2.34. The number of rotatable bonds is 11. The van der Waals surface area contributed by atoms with Gasteiger partial charge in [0.15, 0.2) is 0 Å². The molecule has 0 bridgehead atoms. The van der Waals surface area contributed by atoms with Crippen molar-refractivity contribution in [2.45, 2.75) is 88.0 Å². The first-order valence-corrected chi connectivity index (χ1v) is 8.82. The SMILES string of the molecule is CCCCCCCCCCCC(C)N(C)C(Cl)(Cl)Cl. The Bertz CT molecular complexity index is 204.